The van der Waals surface area contributed by atoms with E-state index in [1.807, 2.05) is 0 Å². The zero-order valence-electron chi connectivity index (χ0n) is 15.9. The molecule has 5 rings (SSSR count). The number of halogens is 1. The number of nitrogens with zero attached hydrogens (tertiary/aromatic N) is 5. The molecule has 0 saturated carbocycles. The van der Waals surface area contributed by atoms with Crippen molar-refractivity contribution in [1.29, 1.82) is 0 Å². The number of hydrogen-bond acceptors (Lipinski definition) is 6. The van der Waals surface area contributed by atoms with Crippen molar-refractivity contribution < 1.29 is 18.9 Å². The van der Waals surface area contributed by atoms with Crippen LogP contribution in [0.2, 0.25) is 0 Å². The fraction of sp³-hybridized carbons (Fsp3) is 0.0476. The lowest BCUT2D eigenvalue weighted by Crippen LogP contribution is -2.30. The SMILES string of the molecule is Cn1nc(-c2ccc(F)cc2)c2c3c(cnc21)C(=O)N(c1ccccc1[N+](=O)[O-])C3=O. The van der Waals surface area contributed by atoms with Gasteiger partial charge in [0.1, 0.15) is 17.2 Å². The third-order valence-electron chi connectivity index (χ3n) is 5.14. The largest absolute Gasteiger partial charge is 0.293 e. The molecule has 2 aromatic carbocycles. The van der Waals surface area contributed by atoms with Crippen LogP contribution in [-0.4, -0.2) is 31.5 Å². The Labute approximate surface area is 173 Å². The van der Waals surface area contributed by atoms with Gasteiger partial charge in [0.05, 0.1) is 21.4 Å². The quantitative estimate of drug-likeness (QED) is 0.287. The number of imide groups is 1. The standard InChI is InChI=1S/C21H12FN5O4/c1-25-19-17(18(24-25)11-6-8-12(22)9-7-11)16-13(10-23-19)20(28)26(21(16)29)14-4-2-3-5-15(14)27(30)31/h2-10H,1H3. The summed E-state index contributed by atoms with van der Waals surface area (Å²) in [6, 6.07) is 11.1. The summed E-state index contributed by atoms with van der Waals surface area (Å²) < 4.78 is 14.9. The summed E-state index contributed by atoms with van der Waals surface area (Å²) in [5.74, 6) is -1.85. The van der Waals surface area contributed by atoms with Crippen LogP contribution in [0.3, 0.4) is 0 Å². The summed E-state index contributed by atoms with van der Waals surface area (Å²) in [5, 5.41) is 16.2. The van der Waals surface area contributed by atoms with E-state index in [-0.39, 0.29) is 22.5 Å². The van der Waals surface area contributed by atoms with Crippen LogP contribution < -0.4 is 4.90 Å². The van der Waals surface area contributed by atoms with Crippen LogP contribution in [0, 0.1) is 15.9 Å². The molecule has 0 saturated heterocycles. The summed E-state index contributed by atoms with van der Waals surface area (Å²) in [6.07, 6.45) is 1.27. The Balaban J connectivity index is 1.77. The number of benzene rings is 2. The van der Waals surface area contributed by atoms with Crippen molar-refractivity contribution >= 4 is 34.2 Å². The van der Waals surface area contributed by atoms with Crippen LogP contribution in [0.4, 0.5) is 15.8 Å². The van der Waals surface area contributed by atoms with Gasteiger partial charge in [-0.25, -0.2) is 19.0 Å². The summed E-state index contributed by atoms with van der Waals surface area (Å²) in [4.78, 5) is 42.3. The van der Waals surface area contributed by atoms with E-state index in [1.165, 1.54) is 59.4 Å². The summed E-state index contributed by atoms with van der Waals surface area (Å²) >= 11 is 0. The van der Waals surface area contributed by atoms with Gasteiger partial charge in [0.15, 0.2) is 5.65 Å². The second-order valence-corrected chi connectivity index (χ2v) is 6.92. The number of para-hydroxylation sites is 2. The Hall–Kier alpha value is -4.47. The maximum Gasteiger partial charge on any atom is 0.293 e. The molecular weight excluding hydrogens is 405 g/mol. The molecule has 0 fully saturated rings. The van der Waals surface area contributed by atoms with Crippen molar-refractivity contribution in [2.45, 2.75) is 0 Å². The first kappa shape index (κ1) is 18.6. The molecule has 2 amide bonds. The van der Waals surface area contributed by atoms with Gasteiger partial charge in [0.25, 0.3) is 17.5 Å². The lowest BCUT2D eigenvalue weighted by atomic mass is 10.0. The molecule has 9 nitrogen and oxygen atoms in total. The van der Waals surface area contributed by atoms with Gasteiger partial charge >= 0.3 is 0 Å². The molecule has 3 heterocycles. The summed E-state index contributed by atoms with van der Waals surface area (Å²) in [5.41, 5.74) is 0.820. The van der Waals surface area contributed by atoms with E-state index < -0.39 is 22.6 Å². The zero-order valence-corrected chi connectivity index (χ0v) is 15.9. The molecule has 10 heteroatoms. The monoisotopic (exact) mass is 417 g/mol. The van der Waals surface area contributed by atoms with Gasteiger partial charge in [0, 0.05) is 24.9 Å². The fourth-order valence-electron chi connectivity index (χ4n) is 3.76. The van der Waals surface area contributed by atoms with E-state index >= 15 is 0 Å². The first-order valence-electron chi connectivity index (χ1n) is 9.12. The Kier molecular flexibility index (Phi) is 3.90. The number of aromatic nitrogens is 3. The van der Waals surface area contributed by atoms with Crippen LogP contribution in [0.25, 0.3) is 22.3 Å². The molecule has 1 aliphatic rings. The molecule has 0 spiro atoms. The highest BCUT2D eigenvalue weighted by molar-refractivity contribution is 6.38. The van der Waals surface area contributed by atoms with Crippen LogP contribution in [0.15, 0.2) is 54.7 Å². The Morgan fingerprint density at radius 1 is 1.03 bits per heavy atom. The molecular formula is C21H12FN5O4. The molecule has 2 aromatic heterocycles. The van der Waals surface area contributed by atoms with Crippen molar-refractivity contribution in [3.63, 3.8) is 0 Å². The number of hydrogen-bond donors (Lipinski definition) is 0. The molecule has 0 bridgehead atoms. The maximum atomic E-state index is 13.4. The third kappa shape index (κ3) is 2.61. The molecule has 0 aliphatic carbocycles. The predicted octanol–water partition coefficient (Wildman–Crippen LogP) is 3.48. The van der Waals surface area contributed by atoms with Gasteiger partial charge < -0.3 is 0 Å². The number of anilines is 1. The van der Waals surface area contributed by atoms with E-state index in [4.69, 9.17) is 0 Å². The van der Waals surface area contributed by atoms with Gasteiger partial charge in [-0.05, 0) is 30.3 Å². The minimum absolute atomic E-state index is 0.0204. The van der Waals surface area contributed by atoms with Crippen LogP contribution in [0.5, 0.6) is 0 Å². The second-order valence-electron chi connectivity index (χ2n) is 6.92. The Bertz CT molecular complexity index is 1430. The molecule has 0 atom stereocenters. The van der Waals surface area contributed by atoms with Crippen LogP contribution >= 0.6 is 0 Å². The van der Waals surface area contributed by atoms with Gasteiger partial charge in [-0.15, -0.1) is 0 Å². The number of carbonyl (C=O) groups excluding carboxylic acids is 2. The number of aryl methyl sites for hydroxylation is 1. The summed E-state index contributed by atoms with van der Waals surface area (Å²) in [7, 11) is 1.63. The van der Waals surface area contributed by atoms with Crippen LogP contribution in [0.1, 0.15) is 20.7 Å². The number of carbonyl (C=O) groups is 2. The average molecular weight is 417 g/mol. The highest BCUT2D eigenvalue weighted by Gasteiger charge is 2.42. The van der Waals surface area contributed by atoms with Gasteiger partial charge in [0.2, 0.25) is 0 Å². The van der Waals surface area contributed by atoms with E-state index in [2.05, 4.69) is 10.1 Å². The summed E-state index contributed by atoms with van der Waals surface area (Å²) in [6.45, 7) is 0. The number of amides is 2. The van der Waals surface area contributed by atoms with Crippen molar-refractivity contribution in [2.24, 2.45) is 7.05 Å². The number of rotatable bonds is 3. The molecule has 0 unspecified atom stereocenters. The second kappa shape index (κ2) is 6.52. The minimum atomic E-state index is -0.711. The van der Waals surface area contributed by atoms with E-state index in [0.717, 1.165) is 4.90 Å². The Morgan fingerprint density at radius 3 is 2.45 bits per heavy atom. The third-order valence-corrected chi connectivity index (χ3v) is 5.14. The number of nitro groups is 1. The first-order valence-corrected chi connectivity index (χ1v) is 9.12. The first-order chi connectivity index (χ1) is 14.9. The number of nitro benzene ring substituents is 1. The van der Waals surface area contributed by atoms with Crippen molar-refractivity contribution in [3.05, 3.63) is 81.8 Å². The minimum Gasteiger partial charge on any atom is -0.268 e. The van der Waals surface area contributed by atoms with Crippen LogP contribution in [-0.2, 0) is 7.05 Å². The smallest absolute Gasteiger partial charge is 0.268 e. The molecule has 0 radical (unpaired) electrons. The molecule has 0 N–H and O–H groups in total. The van der Waals surface area contributed by atoms with Crippen molar-refractivity contribution in [3.8, 4) is 11.3 Å². The van der Waals surface area contributed by atoms with Gasteiger partial charge in [-0.1, -0.05) is 12.1 Å². The van der Waals surface area contributed by atoms with E-state index in [0.29, 0.717) is 22.3 Å². The maximum absolute atomic E-state index is 13.4. The lowest BCUT2D eigenvalue weighted by molar-refractivity contribution is -0.384. The molecule has 4 aromatic rings. The fourth-order valence-corrected chi connectivity index (χ4v) is 3.76. The van der Waals surface area contributed by atoms with Gasteiger partial charge in [-0.2, -0.15) is 5.10 Å². The number of fused-ring (bicyclic) bond motifs is 3. The molecule has 152 valence electrons. The topological polar surface area (TPSA) is 111 Å². The van der Waals surface area contributed by atoms with Crippen molar-refractivity contribution in [1.82, 2.24) is 14.8 Å². The van der Waals surface area contributed by atoms with E-state index in [1.54, 1.807) is 7.05 Å². The Morgan fingerprint density at radius 2 is 1.74 bits per heavy atom. The average Bonchev–Trinajstić information content (AvgIpc) is 3.22. The van der Waals surface area contributed by atoms with E-state index in [9.17, 15) is 24.1 Å². The highest BCUT2D eigenvalue weighted by Crippen LogP contribution is 2.39. The highest BCUT2D eigenvalue weighted by atomic mass is 19.1. The predicted molar refractivity (Wildman–Crippen MR) is 108 cm³/mol. The lowest BCUT2D eigenvalue weighted by Gasteiger charge is -2.13. The number of pyridine rings is 1. The molecule has 1 aliphatic heterocycles. The molecule has 31 heavy (non-hydrogen) atoms. The van der Waals surface area contributed by atoms with Gasteiger partial charge in [-0.3, -0.25) is 19.7 Å². The zero-order chi connectivity index (χ0) is 21.9. The van der Waals surface area contributed by atoms with Crippen molar-refractivity contribution in [2.75, 3.05) is 4.90 Å². The normalized spacial score (nSPS) is 13.2.